The number of hydrogen-bond acceptors (Lipinski definition) is 5. The lowest BCUT2D eigenvalue weighted by atomic mass is 10.1. The number of aryl methyl sites for hydroxylation is 1. The molecule has 3 aromatic carbocycles. The molecule has 0 aliphatic heterocycles. The summed E-state index contributed by atoms with van der Waals surface area (Å²) in [6.07, 6.45) is 0. The Morgan fingerprint density at radius 3 is 2.19 bits per heavy atom. The summed E-state index contributed by atoms with van der Waals surface area (Å²) < 4.78 is 1.43. The van der Waals surface area contributed by atoms with Crippen LogP contribution in [0, 0.1) is 6.92 Å². The smallest absolute Gasteiger partial charge is 0.286 e. The molecule has 7 heteroatoms. The molecular formula is C25H19N5OS. The van der Waals surface area contributed by atoms with Crippen molar-refractivity contribution in [3.63, 3.8) is 0 Å². The Balaban J connectivity index is 1.60. The number of hydrogen-bond donors (Lipinski definition) is 1. The summed E-state index contributed by atoms with van der Waals surface area (Å²) in [7, 11) is 0. The fraction of sp³-hybridized carbons (Fsp3) is 0.0400. The standard InChI is InChI=1S/C25H19N5OS/c1-17-12-14-20(15-13-17)27-28-23-22(19-10-6-3-7-11-19)29-30(24(23)31)25-26-21(16-32-25)18-8-4-2-5-9-18/h2-16,29H,1H3. The number of azo groups is 1. The molecule has 6 nitrogen and oxygen atoms in total. The van der Waals surface area contributed by atoms with Crippen molar-refractivity contribution in [1.82, 2.24) is 14.8 Å². The van der Waals surface area contributed by atoms with Crippen LogP contribution in [-0.2, 0) is 0 Å². The quantitative estimate of drug-likeness (QED) is 0.311. The first-order chi connectivity index (χ1) is 15.7. The molecule has 0 saturated heterocycles. The maximum atomic E-state index is 13.3. The SMILES string of the molecule is Cc1ccc(N=Nc2c(-c3ccccc3)[nH]n(-c3nc(-c4ccccc4)cs3)c2=O)cc1. The number of benzene rings is 3. The van der Waals surface area contributed by atoms with Crippen LogP contribution < -0.4 is 5.56 Å². The zero-order valence-corrected chi connectivity index (χ0v) is 18.1. The van der Waals surface area contributed by atoms with Crippen LogP contribution in [0.5, 0.6) is 0 Å². The van der Waals surface area contributed by atoms with Crippen molar-refractivity contribution in [2.45, 2.75) is 6.92 Å². The van der Waals surface area contributed by atoms with E-state index in [1.54, 1.807) is 0 Å². The number of nitrogens with one attached hydrogen (secondary N) is 1. The van der Waals surface area contributed by atoms with E-state index < -0.39 is 0 Å². The van der Waals surface area contributed by atoms with Crippen LogP contribution in [0.25, 0.3) is 27.6 Å². The van der Waals surface area contributed by atoms with Crippen molar-refractivity contribution >= 4 is 22.7 Å². The molecule has 5 rings (SSSR count). The van der Waals surface area contributed by atoms with E-state index in [-0.39, 0.29) is 11.2 Å². The van der Waals surface area contributed by atoms with Crippen LogP contribution in [0.4, 0.5) is 11.4 Å². The van der Waals surface area contributed by atoms with E-state index in [2.05, 4.69) is 20.3 Å². The van der Waals surface area contributed by atoms with Gasteiger partial charge in [-0.3, -0.25) is 9.89 Å². The highest BCUT2D eigenvalue weighted by atomic mass is 32.1. The summed E-state index contributed by atoms with van der Waals surface area (Å²) in [4.78, 5) is 18.0. The lowest BCUT2D eigenvalue weighted by Gasteiger charge is -1.99. The molecule has 0 aliphatic rings. The van der Waals surface area contributed by atoms with Crippen molar-refractivity contribution in [2.75, 3.05) is 0 Å². The fourth-order valence-electron chi connectivity index (χ4n) is 3.29. The fourth-order valence-corrected chi connectivity index (χ4v) is 4.08. The summed E-state index contributed by atoms with van der Waals surface area (Å²) in [6.45, 7) is 2.01. The molecule has 0 amide bonds. The Kier molecular flexibility index (Phi) is 5.31. The monoisotopic (exact) mass is 437 g/mol. The maximum Gasteiger partial charge on any atom is 0.301 e. The van der Waals surface area contributed by atoms with Gasteiger partial charge in [-0.2, -0.15) is 9.80 Å². The molecule has 2 aromatic heterocycles. The highest BCUT2D eigenvalue weighted by Crippen LogP contribution is 2.29. The molecule has 1 N–H and O–H groups in total. The highest BCUT2D eigenvalue weighted by molar-refractivity contribution is 7.12. The first-order valence-corrected chi connectivity index (χ1v) is 11.0. The molecule has 0 bridgehead atoms. The average molecular weight is 438 g/mol. The zero-order valence-electron chi connectivity index (χ0n) is 17.3. The molecule has 0 fully saturated rings. The van der Waals surface area contributed by atoms with Crippen LogP contribution >= 0.6 is 11.3 Å². The van der Waals surface area contributed by atoms with E-state index in [4.69, 9.17) is 0 Å². The summed E-state index contributed by atoms with van der Waals surface area (Å²) in [5, 5.41) is 14.3. The lowest BCUT2D eigenvalue weighted by Crippen LogP contribution is -2.13. The topological polar surface area (TPSA) is 75.4 Å². The number of rotatable bonds is 5. The van der Waals surface area contributed by atoms with E-state index >= 15 is 0 Å². The Labute approximate surface area is 188 Å². The number of H-pyrrole nitrogens is 1. The van der Waals surface area contributed by atoms with Gasteiger partial charge in [0.25, 0.3) is 0 Å². The Bertz CT molecular complexity index is 1430. The number of aromatic nitrogens is 3. The summed E-state index contributed by atoms with van der Waals surface area (Å²) in [5.74, 6) is 0. The normalized spacial score (nSPS) is 11.3. The minimum atomic E-state index is -0.298. The van der Waals surface area contributed by atoms with E-state index in [1.807, 2.05) is 97.2 Å². The van der Waals surface area contributed by atoms with E-state index in [9.17, 15) is 4.79 Å². The number of nitrogens with zero attached hydrogens (tertiary/aromatic N) is 4. The van der Waals surface area contributed by atoms with Crippen LogP contribution in [0.15, 0.2) is 105 Å². The molecule has 0 unspecified atom stereocenters. The van der Waals surface area contributed by atoms with Gasteiger partial charge in [-0.05, 0) is 19.1 Å². The summed E-state index contributed by atoms with van der Waals surface area (Å²) in [5.41, 5.74) is 5.03. The van der Waals surface area contributed by atoms with Gasteiger partial charge >= 0.3 is 5.56 Å². The predicted molar refractivity (Wildman–Crippen MR) is 128 cm³/mol. The van der Waals surface area contributed by atoms with E-state index in [1.165, 1.54) is 16.0 Å². The van der Waals surface area contributed by atoms with Gasteiger partial charge in [0.1, 0.15) is 0 Å². The van der Waals surface area contributed by atoms with Gasteiger partial charge in [0.15, 0.2) is 5.69 Å². The Morgan fingerprint density at radius 2 is 1.50 bits per heavy atom. The van der Waals surface area contributed by atoms with Crippen molar-refractivity contribution in [2.24, 2.45) is 10.2 Å². The summed E-state index contributed by atoms with van der Waals surface area (Å²) >= 11 is 1.39. The third-order valence-corrected chi connectivity index (χ3v) is 5.81. The lowest BCUT2D eigenvalue weighted by molar-refractivity contribution is 0.843. The first kappa shape index (κ1) is 19.8. The molecular weight excluding hydrogens is 418 g/mol. The van der Waals surface area contributed by atoms with Gasteiger partial charge in [-0.25, -0.2) is 4.98 Å². The Hall–Kier alpha value is -4.10. The molecule has 5 aromatic rings. The summed E-state index contributed by atoms with van der Waals surface area (Å²) in [6, 6.07) is 27.2. The zero-order chi connectivity index (χ0) is 21.9. The third kappa shape index (κ3) is 3.93. The largest absolute Gasteiger partial charge is 0.301 e. The average Bonchev–Trinajstić information content (AvgIpc) is 3.45. The van der Waals surface area contributed by atoms with Gasteiger partial charge in [0, 0.05) is 16.5 Å². The molecule has 32 heavy (non-hydrogen) atoms. The highest BCUT2D eigenvalue weighted by Gasteiger charge is 2.19. The molecule has 2 heterocycles. The van der Waals surface area contributed by atoms with Crippen LogP contribution in [0.3, 0.4) is 0 Å². The predicted octanol–water partition coefficient (Wildman–Crippen LogP) is 6.68. The van der Waals surface area contributed by atoms with Crippen LogP contribution in [-0.4, -0.2) is 14.8 Å². The van der Waals surface area contributed by atoms with Gasteiger partial charge in [-0.15, -0.1) is 16.5 Å². The van der Waals surface area contributed by atoms with Gasteiger partial charge in [0.2, 0.25) is 5.13 Å². The van der Waals surface area contributed by atoms with Crippen molar-refractivity contribution < 1.29 is 0 Å². The molecule has 0 aliphatic carbocycles. The second-order valence-electron chi connectivity index (χ2n) is 7.26. The van der Waals surface area contributed by atoms with Crippen LogP contribution in [0.2, 0.25) is 0 Å². The molecule has 156 valence electrons. The van der Waals surface area contributed by atoms with E-state index in [0.717, 1.165) is 22.4 Å². The Morgan fingerprint density at radius 1 is 0.844 bits per heavy atom. The van der Waals surface area contributed by atoms with Gasteiger partial charge in [0.05, 0.1) is 17.1 Å². The van der Waals surface area contributed by atoms with E-state index in [0.29, 0.717) is 16.5 Å². The molecule has 0 spiro atoms. The molecule has 0 atom stereocenters. The maximum absolute atomic E-state index is 13.3. The minimum absolute atomic E-state index is 0.244. The van der Waals surface area contributed by atoms with Gasteiger partial charge < -0.3 is 0 Å². The molecule has 0 radical (unpaired) electrons. The van der Waals surface area contributed by atoms with Crippen molar-refractivity contribution in [3.8, 4) is 27.6 Å². The second-order valence-corrected chi connectivity index (χ2v) is 8.10. The van der Waals surface area contributed by atoms with Crippen LogP contribution in [0.1, 0.15) is 5.56 Å². The van der Waals surface area contributed by atoms with Crippen molar-refractivity contribution in [3.05, 3.63) is 106 Å². The number of aromatic amines is 1. The first-order valence-electron chi connectivity index (χ1n) is 10.1. The third-order valence-electron chi connectivity index (χ3n) is 4.98. The molecule has 0 saturated carbocycles. The second kappa shape index (κ2) is 8.56. The number of thiazole rings is 1. The minimum Gasteiger partial charge on any atom is -0.286 e. The van der Waals surface area contributed by atoms with Gasteiger partial charge in [-0.1, -0.05) is 78.4 Å². The van der Waals surface area contributed by atoms with Crippen molar-refractivity contribution in [1.29, 1.82) is 0 Å².